The highest BCUT2D eigenvalue weighted by atomic mass is 35.5. The van der Waals surface area contributed by atoms with Gasteiger partial charge in [0, 0.05) is 18.5 Å². The van der Waals surface area contributed by atoms with E-state index in [4.69, 9.17) is 25.5 Å². The van der Waals surface area contributed by atoms with Gasteiger partial charge in [0.25, 0.3) is 0 Å². The molecule has 0 fully saturated rings. The van der Waals surface area contributed by atoms with E-state index in [9.17, 15) is 0 Å². The first-order valence-electron chi connectivity index (χ1n) is 6.84. The number of aryl methyl sites for hydroxylation is 1. The van der Waals surface area contributed by atoms with Gasteiger partial charge in [-0.05, 0) is 31.5 Å². The molecule has 0 spiro atoms. The van der Waals surface area contributed by atoms with E-state index in [2.05, 4.69) is 12.2 Å². The third-order valence-electron chi connectivity index (χ3n) is 3.28. The molecule has 0 radical (unpaired) electrons. The molecule has 1 unspecified atom stereocenters. The molecular weight excluding hydrogens is 290 g/mol. The molecule has 2 aromatic rings. The number of nitrogens with one attached hydrogen (secondary N) is 1. The lowest BCUT2D eigenvalue weighted by Gasteiger charge is -2.18. The Balaban J connectivity index is 2.02. The van der Waals surface area contributed by atoms with Crippen molar-refractivity contribution in [2.24, 2.45) is 0 Å². The number of hydrogen-bond donors (Lipinski definition) is 1. The average molecular weight is 310 g/mol. The number of anilines is 1. The highest BCUT2D eigenvalue weighted by molar-refractivity contribution is 6.32. The van der Waals surface area contributed by atoms with Crippen LogP contribution in [0.2, 0.25) is 5.02 Å². The number of furan rings is 1. The molecule has 0 aliphatic heterocycles. The fourth-order valence-electron chi connectivity index (χ4n) is 2.12. The number of ether oxygens (including phenoxy) is 2. The largest absolute Gasteiger partial charge is 0.495 e. The molecule has 1 atom stereocenters. The Labute approximate surface area is 130 Å². The first kappa shape index (κ1) is 15.6. The minimum absolute atomic E-state index is 0.258. The Kier molecular flexibility index (Phi) is 5.39. The monoisotopic (exact) mass is 309 g/mol. The predicted molar refractivity (Wildman–Crippen MR) is 84.7 cm³/mol. The van der Waals surface area contributed by atoms with Crippen LogP contribution in [0.25, 0.3) is 0 Å². The first-order chi connectivity index (χ1) is 10.1. The van der Waals surface area contributed by atoms with Gasteiger partial charge in [-0.2, -0.15) is 0 Å². The summed E-state index contributed by atoms with van der Waals surface area (Å²) in [4.78, 5) is 0. The van der Waals surface area contributed by atoms with Gasteiger partial charge < -0.3 is 19.2 Å². The van der Waals surface area contributed by atoms with Crippen molar-refractivity contribution in [1.29, 1.82) is 0 Å². The van der Waals surface area contributed by atoms with Gasteiger partial charge >= 0.3 is 0 Å². The third kappa shape index (κ3) is 4.08. The molecule has 1 heterocycles. The van der Waals surface area contributed by atoms with Crippen LogP contribution in [0.1, 0.15) is 19.1 Å². The summed E-state index contributed by atoms with van der Waals surface area (Å²) in [6.45, 7) is 2.11. The number of rotatable bonds is 7. The Hall–Kier alpha value is -1.81. The molecule has 0 saturated carbocycles. The molecule has 1 N–H and O–H groups in total. The molecule has 0 aliphatic rings. The lowest BCUT2D eigenvalue weighted by Crippen LogP contribution is -2.16. The topological polar surface area (TPSA) is 43.6 Å². The summed E-state index contributed by atoms with van der Waals surface area (Å²) in [5.74, 6) is 2.30. The maximum atomic E-state index is 6.16. The third-order valence-corrected chi connectivity index (χ3v) is 3.58. The van der Waals surface area contributed by atoms with Crippen molar-refractivity contribution in [2.75, 3.05) is 19.5 Å². The zero-order valence-electron chi connectivity index (χ0n) is 12.5. The minimum Gasteiger partial charge on any atom is -0.495 e. The van der Waals surface area contributed by atoms with Crippen LogP contribution in [0.5, 0.6) is 11.5 Å². The van der Waals surface area contributed by atoms with Crippen LogP contribution in [0.3, 0.4) is 0 Å². The molecule has 0 saturated heterocycles. The highest BCUT2D eigenvalue weighted by Crippen LogP contribution is 2.36. The summed E-state index contributed by atoms with van der Waals surface area (Å²) in [7, 11) is 3.21. The van der Waals surface area contributed by atoms with Crippen LogP contribution in [0.4, 0.5) is 5.69 Å². The van der Waals surface area contributed by atoms with Crippen LogP contribution in [0, 0.1) is 0 Å². The van der Waals surface area contributed by atoms with Gasteiger partial charge in [0.2, 0.25) is 0 Å². The van der Waals surface area contributed by atoms with Crippen molar-refractivity contribution >= 4 is 17.3 Å². The van der Waals surface area contributed by atoms with E-state index in [1.807, 2.05) is 18.2 Å². The fourth-order valence-corrected chi connectivity index (χ4v) is 2.36. The number of hydrogen-bond acceptors (Lipinski definition) is 4. The van der Waals surface area contributed by atoms with Crippen LogP contribution in [-0.4, -0.2) is 20.3 Å². The number of methoxy groups -OCH3 is 2. The number of halogens is 1. The van der Waals surface area contributed by atoms with Gasteiger partial charge in [-0.25, -0.2) is 0 Å². The molecule has 5 heteroatoms. The average Bonchev–Trinajstić information content (AvgIpc) is 2.99. The van der Waals surface area contributed by atoms with Gasteiger partial charge in [0.05, 0.1) is 31.2 Å². The lowest BCUT2D eigenvalue weighted by molar-refractivity contribution is 0.395. The van der Waals surface area contributed by atoms with E-state index >= 15 is 0 Å². The number of benzene rings is 1. The summed E-state index contributed by atoms with van der Waals surface area (Å²) >= 11 is 6.16. The van der Waals surface area contributed by atoms with Gasteiger partial charge in [0.15, 0.2) is 0 Å². The Bertz CT molecular complexity index is 569. The van der Waals surface area contributed by atoms with E-state index in [0.29, 0.717) is 16.5 Å². The fraction of sp³-hybridized carbons (Fsp3) is 0.375. The zero-order valence-corrected chi connectivity index (χ0v) is 13.2. The molecule has 0 amide bonds. The molecule has 4 nitrogen and oxygen atoms in total. The summed E-state index contributed by atoms with van der Waals surface area (Å²) in [5.41, 5.74) is 0.857. The van der Waals surface area contributed by atoms with Crippen LogP contribution < -0.4 is 14.8 Å². The van der Waals surface area contributed by atoms with Crippen LogP contribution in [0.15, 0.2) is 34.9 Å². The molecule has 2 rings (SSSR count). The maximum Gasteiger partial charge on any atom is 0.145 e. The highest BCUT2D eigenvalue weighted by Gasteiger charge is 2.12. The predicted octanol–water partition coefficient (Wildman–Crippen LogP) is 4.38. The SMILES string of the molecule is COc1cc(OC)c(NC(C)CCc2ccco2)cc1Cl. The van der Waals surface area contributed by atoms with Crippen molar-refractivity contribution in [3.8, 4) is 11.5 Å². The summed E-state index contributed by atoms with van der Waals surface area (Å²) in [6, 6.07) is 7.75. The molecule has 0 aliphatic carbocycles. The van der Waals surface area contributed by atoms with E-state index in [1.54, 1.807) is 26.5 Å². The second kappa shape index (κ2) is 7.27. The molecule has 1 aromatic heterocycles. The standard InChI is InChI=1S/C16H20ClNO3/c1-11(6-7-12-5-4-8-21-12)18-14-9-13(17)15(19-2)10-16(14)20-3/h4-5,8-11,18H,6-7H2,1-3H3. The van der Waals surface area contributed by atoms with Gasteiger partial charge in [-0.15, -0.1) is 0 Å². The summed E-state index contributed by atoms with van der Waals surface area (Å²) in [6.07, 6.45) is 3.52. The Morgan fingerprint density at radius 3 is 2.62 bits per heavy atom. The molecule has 21 heavy (non-hydrogen) atoms. The van der Waals surface area contributed by atoms with Gasteiger partial charge in [-0.1, -0.05) is 11.6 Å². The van der Waals surface area contributed by atoms with Crippen molar-refractivity contribution < 1.29 is 13.9 Å². The zero-order chi connectivity index (χ0) is 15.2. The lowest BCUT2D eigenvalue weighted by atomic mass is 10.1. The normalized spacial score (nSPS) is 12.0. The Morgan fingerprint density at radius 2 is 2.00 bits per heavy atom. The van der Waals surface area contributed by atoms with E-state index in [1.165, 1.54) is 0 Å². The van der Waals surface area contributed by atoms with E-state index in [0.717, 1.165) is 24.3 Å². The smallest absolute Gasteiger partial charge is 0.145 e. The quantitative estimate of drug-likeness (QED) is 0.824. The molecule has 1 aromatic carbocycles. The minimum atomic E-state index is 0.258. The maximum absolute atomic E-state index is 6.16. The van der Waals surface area contributed by atoms with Gasteiger partial charge in [-0.3, -0.25) is 0 Å². The molecule has 114 valence electrons. The first-order valence-corrected chi connectivity index (χ1v) is 7.22. The van der Waals surface area contributed by atoms with Crippen molar-refractivity contribution in [2.45, 2.75) is 25.8 Å². The van der Waals surface area contributed by atoms with Gasteiger partial charge in [0.1, 0.15) is 17.3 Å². The van der Waals surface area contributed by atoms with E-state index in [-0.39, 0.29) is 6.04 Å². The van der Waals surface area contributed by atoms with Crippen LogP contribution >= 0.6 is 11.6 Å². The van der Waals surface area contributed by atoms with Crippen molar-refractivity contribution in [3.05, 3.63) is 41.3 Å². The van der Waals surface area contributed by atoms with Crippen molar-refractivity contribution in [1.82, 2.24) is 0 Å². The summed E-state index contributed by atoms with van der Waals surface area (Å²) in [5, 5.41) is 3.96. The Morgan fingerprint density at radius 1 is 1.24 bits per heavy atom. The van der Waals surface area contributed by atoms with Crippen molar-refractivity contribution in [3.63, 3.8) is 0 Å². The second-order valence-corrected chi connectivity index (χ2v) is 5.26. The molecule has 0 bridgehead atoms. The summed E-state index contributed by atoms with van der Waals surface area (Å²) < 4.78 is 15.9. The molecular formula is C16H20ClNO3. The second-order valence-electron chi connectivity index (χ2n) is 4.85. The van der Waals surface area contributed by atoms with Crippen LogP contribution in [-0.2, 0) is 6.42 Å². The van der Waals surface area contributed by atoms with E-state index < -0.39 is 0 Å².